The molecule has 140 valence electrons. The Morgan fingerprint density at radius 2 is 1.50 bits per heavy atom. The predicted octanol–water partition coefficient (Wildman–Crippen LogP) is 3.00. The first-order valence-corrected chi connectivity index (χ1v) is 8.55. The number of hydrogen-bond donors (Lipinski definition) is 1. The van der Waals surface area contributed by atoms with Gasteiger partial charge in [-0.1, -0.05) is 18.2 Å². The summed E-state index contributed by atoms with van der Waals surface area (Å²) in [6, 6.07) is 16.2. The van der Waals surface area contributed by atoms with E-state index in [1.165, 1.54) is 0 Å². The van der Waals surface area contributed by atoms with Crippen LogP contribution in [-0.4, -0.2) is 52.7 Å². The van der Waals surface area contributed by atoms with Gasteiger partial charge in [0.25, 0.3) is 0 Å². The second-order valence-corrected chi connectivity index (χ2v) is 5.42. The molecule has 6 nitrogen and oxygen atoms in total. The summed E-state index contributed by atoms with van der Waals surface area (Å²) in [6.45, 7) is 3.53. The van der Waals surface area contributed by atoms with Crippen molar-refractivity contribution < 1.29 is 23.7 Å². The first-order valence-electron chi connectivity index (χ1n) is 8.55. The molecule has 0 amide bonds. The fourth-order valence-electron chi connectivity index (χ4n) is 2.11. The third-order valence-corrected chi connectivity index (χ3v) is 3.45. The van der Waals surface area contributed by atoms with E-state index >= 15 is 0 Å². The Hall–Kier alpha value is -2.41. The maximum Gasteiger partial charge on any atom is 0.343 e. The van der Waals surface area contributed by atoms with Crippen LogP contribution in [0.1, 0.15) is 10.4 Å². The van der Waals surface area contributed by atoms with Crippen LogP contribution < -0.4 is 10.1 Å². The monoisotopic (exact) mass is 359 g/mol. The first-order chi connectivity index (χ1) is 12.8. The van der Waals surface area contributed by atoms with E-state index in [1.54, 1.807) is 31.4 Å². The van der Waals surface area contributed by atoms with Crippen molar-refractivity contribution in [1.82, 2.24) is 0 Å². The molecule has 0 atom stereocenters. The van der Waals surface area contributed by atoms with Crippen molar-refractivity contribution in [3.05, 3.63) is 60.2 Å². The Bertz CT molecular complexity index is 630. The second kappa shape index (κ2) is 12.0. The summed E-state index contributed by atoms with van der Waals surface area (Å²) < 4.78 is 21.0. The van der Waals surface area contributed by atoms with Crippen molar-refractivity contribution in [2.24, 2.45) is 0 Å². The molecule has 26 heavy (non-hydrogen) atoms. The fourth-order valence-corrected chi connectivity index (χ4v) is 2.11. The van der Waals surface area contributed by atoms with Crippen LogP contribution in [0, 0.1) is 0 Å². The molecule has 0 fully saturated rings. The summed E-state index contributed by atoms with van der Waals surface area (Å²) in [5.74, 6) is 0.155. The molecule has 0 aliphatic heterocycles. The number of esters is 1. The Kier molecular flexibility index (Phi) is 9.21. The van der Waals surface area contributed by atoms with Crippen LogP contribution in [0.2, 0.25) is 0 Å². The summed E-state index contributed by atoms with van der Waals surface area (Å²) in [4.78, 5) is 12.1. The molecule has 2 aromatic rings. The van der Waals surface area contributed by atoms with Crippen LogP contribution in [0.5, 0.6) is 5.75 Å². The van der Waals surface area contributed by atoms with Gasteiger partial charge < -0.3 is 24.3 Å². The molecule has 6 heteroatoms. The minimum absolute atomic E-state index is 0.375. The van der Waals surface area contributed by atoms with E-state index in [2.05, 4.69) is 5.32 Å². The van der Waals surface area contributed by atoms with Crippen molar-refractivity contribution in [2.75, 3.05) is 52.0 Å². The summed E-state index contributed by atoms with van der Waals surface area (Å²) >= 11 is 0. The van der Waals surface area contributed by atoms with Gasteiger partial charge in [0.1, 0.15) is 5.75 Å². The van der Waals surface area contributed by atoms with Gasteiger partial charge in [0.2, 0.25) is 0 Å². The lowest BCUT2D eigenvalue weighted by molar-refractivity contribution is 0.0272. The van der Waals surface area contributed by atoms with E-state index in [1.807, 2.05) is 30.3 Å². The molecule has 0 aliphatic rings. The van der Waals surface area contributed by atoms with Gasteiger partial charge in [-0.15, -0.1) is 0 Å². The number of hydrogen-bond acceptors (Lipinski definition) is 6. The molecule has 1 N–H and O–H groups in total. The molecular formula is C20H25NO5. The van der Waals surface area contributed by atoms with Crippen molar-refractivity contribution in [2.45, 2.75) is 0 Å². The molecule has 0 radical (unpaired) electrons. The van der Waals surface area contributed by atoms with Gasteiger partial charge in [-0.2, -0.15) is 0 Å². The number of rotatable bonds is 12. The summed E-state index contributed by atoms with van der Waals surface area (Å²) in [5, 5.41) is 3.23. The zero-order chi connectivity index (χ0) is 18.5. The number of carbonyl (C=O) groups is 1. The third kappa shape index (κ3) is 7.65. The summed E-state index contributed by atoms with van der Waals surface area (Å²) in [5.41, 5.74) is 1.42. The number of para-hydroxylation sites is 1. The van der Waals surface area contributed by atoms with Gasteiger partial charge in [0, 0.05) is 19.3 Å². The molecule has 0 saturated heterocycles. The van der Waals surface area contributed by atoms with Crippen LogP contribution >= 0.6 is 0 Å². The van der Waals surface area contributed by atoms with Crippen LogP contribution in [-0.2, 0) is 14.2 Å². The lowest BCUT2D eigenvalue weighted by Crippen LogP contribution is -2.13. The second-order valence-electron chi connectivity index (χ2n) is 5.42. The lowest BCUT2D eigenvalue weighted by atomic mass is 10.2. The molecular weight excluding hydrogens is 334 g/mol. The normalized spacial score (nSPS) is 10.5. The molecule has 0 aliphatic carbocycles. The van der Waals surface area contributed by atoms with Crippen LogP contribution in [0.15, 0.2) is 54.6 Å². The summed E-state index contributed by atoms with van der Waals surface area (Å²) in [6.07, 6.45) is 0. The van der Waals surface area contributed by atoms with Crippen LogP contribution in [0.25, 0.3) is 0 Å². The smallest absolute Gasteiger partial charge is 0.343 e. The van der Waals surface area contributed by atoms with Gasteiger partial charge in [-0.3, -0.25) is 0 Å². The Labute approximate surface area is 154 Å². The quantitative estimate of drug-likeness (QED) is 0.357. The number of ether oxygens (including phenoxy) is 4. The Balaban J connectivity index is 1.62. The molecule has 0 aromatic heterocycles. The van der Waals surface area contributed by atoms with E-state index in [4.69, 9.17) is 18.9 Å². The minimum Gasteiger partial charge on any atom is -0.423 e. The van der Waals surface area contributed by atoms with E-state index in [0.717, 1.165) is 5.69 Å². The van der Waals surface area contributed by atoms with Crippen molar-refractivity contribution in [3.8, 4) is 5.75 Å². The highest BCUT2D eigenvalue weighted by Gasteiger charge is 2.08. The molecule has 0 bridgehead atoms. The number of methoxy groups -OCH3 is 1. The van der Waals surface area contributed by atoms with E-state index < -0.39 is 0 Å². The van der Waals surface area contributed by atoms with Crippen molar-refractivity contribution in [3.63, 3.8) is 0 Å². The highest BCUT2D eigenvalue weighted by Crippen LogP contribution is 2.14. The zero-order valence-corrected chi connectivity index (χ0v) is 15.0. The SMILES string of the molecule is COCCOCCOCCNc1ccc(C(=O)Oc2ccccc2)cc1. The standard InChI is InChI=1S/C20H25NO5/c1-23-13-14-25-16-15-24-12-11-21-18-9-7-17(8-10-18)20(22)26-19-5-3-2-4-6-19/h2-10,21H,11-16H2,1H3. The Morgan fingerprint density at radius 1 is 0.846 bits per heavy atom. The van der Waals surface area contributed by atoms with Gasteiger partial charge >= 0.3 is 5.97 Å². The molecule has 0 heterocycles. The van der Waals surface area contributed by atoms with E-state index in [9.17, 15) is 4.79 Å². The maximum absolute atomic E-state index is 12.1. The van der Waals surface area contributed by atoms with Gasteiger partial charge in [0.15, 0.2) is 0 Å². The van der Waals surface area contributed by atoms with E-state index in [-0.39, 0.29) is 5.97 Å². The summed E-state index contributed by atoms with van der Waals surface area (Å²) in [7, 11) is 1.64. The zero-order valence-electron chi connectivity index (χ0n) is 15.0. The average molecular weight is 359 g/mol. The lowest BCUT2D eigenvalue weighted by Gasteiger charge is -2.09. The molecule has 2 rings (SSSR count). The Morgan fingerprint density at radius 3 is 2.19 bits per heavy atom. The van der Waals surface area contributed by atoms with Gasteiger partial charge in [-0.05, 0) is 36.4 Å². The molecule has 0 unspecified atom stereocenters. The van der Waals surface area contributed by atoms with Gasteiger partial charge in [-0.25, -0.2) is 4.79 Å². The topological polar surface area (TPSA) is 66.0 Å². The van der Waals surface area contributed by atoms with Crippen LogP contribution in [0.4, 0.5) is 5.69 Å². The number of nitrogens with one attached hydrogen (secondary N) is 1. The number of carbonyl (C=O) groups excluding carboxylic acids is 1. The highest BCUT2D eigenvalue weighted by atomic mass is 16.5. The first kappa shape index (κ1) is 19.9. The maximum atomic E-state index is 12.1. The third-order valence-electron chi connectivity index (χ3n) is 3.45. The average Bonchev–Trinajstić information content (AvgIpc) is 2.68. The van der Waals surface area contributed by atoms with Crippen molar-refractivity contribution in [1.29, 1.82) is 0 Å². The molecule has 2 aromatic carbocycles. The van der Waals surface area contributed by atoms with Crippen LogP contribution in [0.3, 0.4) is 0 Å². The largest absolute Gasteiger partial charge is 0.423 e. The van der Waals surface area contributed by atoms with Crippen molar-refractivity contribution >= 4 is 11.7 Å². The predicted molar refractivity (Wildman–Crippen MR) is 99.8 cm³/mol. The fraction of sp³-hybridized carbons (Fsp3) is 0.350. The van der Waals surface area contributed by atoms with E-state index in [0.29, 0.717) is 50.9 Å². The van der Waals surface area contributed by atoms with Gasteiger partial charge in [0.05, 0.1) is 38.6 Å². The number of anilines is 1. The minimum atomic E-state index is -0.375. The molecule has 0 saturated carbocycles. The number of benzene rings is 2. The highest BCUT2D eigenvalue weighted by molar-refractivity contribution is 5.91. The molecule has 0 spiro atoms.